The second-order valence-electron chi connectivity index (χ2n) is 6.46. The maximum Gasteiger partial charge on any atom is 0.673 e. The minimum Gasteiger partial charge on any atom is -0.493 e. The fraction of sp³-hybridized carbons (Fsp3) is 0.286. The van der Waals surface area contributed by atoms with Crippen LogP contribution in [0.15, 0.2) is 41.1 Å². The second-order valence-corrected chi connectivity index (χ2v) is 6.46. The zero-order valence-electron chi connectivity index (χ0n) is 19.0. The molecule has 0 aliphatic carbocycles. The molecule has 0 saturated heterocycles. The van der Waals surface area contributed by atoms with Gasteiger partial charge < -0.3 is 40.9 Å². The van der Waals surface area contributed by atoms with Crippen molar-refractivity contribution in [2.24, 2.45) is 7.05 Å². The average molecular weight is 473 g/mol. The summed E-state index contributed by atoms with van der Waals surface area (Å²) in [5, 5.41) is 0. The maximum absolute atomic E-state index is 9.75. The van der Waals surface area contributed by atoms with E-state index in [-0.39, 0.29) is 0 Å². The predicted octanol–water partition coefficient (Wildman–Crippen LogP) is 4.78. The molecule has 0 saturated carbocycles. The Labute approximate surface area is 188 Å². The smallest absolute Gasteiger partial charge is 0.493 e. The number of halogens is 4. The number of rotatable bonds is 7. The standard InChI is InChI=1S/C21H24NO6.BF4/c1-22-12-15(13-7-9-16(23-2)18(11-13)25-4)19(28-22)14-8-10-17(24-3)21(27-6)20(14)26-5;2-1(3,4)5/h7-12H,1-6H3;/q+1;-1. The molecule has 0 unspecified atom stereocenters. The van der Waals surface area contributed by atoms with Gasteiger partial charge in [-0.3, -0.25) is 0 Å². The van der Waals surface area contributed by atoms with Crippen LogP contribution >= 0.6 is 0 Å². The summed E-state index contributed by atoms with van der Waals surface area (Å²) in [7, 11) is 3.77. The molecule has 0 fully saturated rings. The molecule has 3 aromatic rings. The SMILES string of the molecule is COc1ccc(-c2c[n+](C)oc2-c2ccc(OC)c(OC)c2OC)cc1OC.F[B-](F)(F)F. The maximum atomic E-state index is 9.75. The first-order chi connectivity index (χ1) is 15.6. The van der Waals surface area contributed by atoms with Crippen LogP contribution < -0.4 is 28.4 Å². The second kappa shape index (κ2) is 10.8. The Morgan fingerprint density at radius 3 is 1.76 bits per heavy atom. The van der Waals surface area contributed by atoms with Crippen LogP contribution in [0.1, 0.15) is 0 Å². The van der Waals surface area contributed by atoms with Crippen LogP contribution in [0.3, 0.4) is 0 Å². The summed E-state index contributed by atoms with van der Waals surface area (Å²) in [5.74, 6) is 3.52. The summed E-state index contributed by atoms with van der Waals surface area (Å²) in [5.41, 5.74) is 2.52. The highest BCUT2D eigenvalue weighted by atomic mass is 19.5. The molecule has 0 spiro atoms. The van der Waals surface area contributed by atoms with Crippen molar-refractivity contribution in [2.45, 2.75) is 0 Å². The number of aryl methyl sites for hydroxylation is 1. The summed E-state index contributed by atoms with van der Waals surface area (Å²) in [6.45, 7) is 0. The van der Waals surface area contributed by atoms with Crippen molar-refractivity contribution >= 4 is 7.25 Å². The highest BCUT2D eigenvalue weighted by Gasteiger charge is 2.26. The van der Waals surface area contributed by atoms with Crippen LogP contribution in [0.2, 0.25) is 0 Å². The molecule has 2 aromatic carbocycles. The zero-order valence-corrected chi connectivity index (χ0v) is 19.0. The Bertz CT molecular complexity index is 1080. The molecule has 0 radical (unpaired) electrons. The molecule has 0 aliphatic heterocycles. The van der Waals surface area contributed by atoms with E-state index in [1.165, 1.54) is 0 Å². The Morgan fingerprint density at radius 1 is 0.697 bits per heavy atom. The molecule has 0 aliphatic rings. The van der Waals surface area contributed by atoms with Crippen molar-refractivity contribution in [1.29, 1.82) is 0 Å². The van der Waals surface area contributed by atoms with E-state index in [2.05, 4.69) is 0 Å². The number of ether oxygens (including phenoxy) is 5. The highest BCUT2D eigenvalue weighted by molar-refractivity contribution is 6.50. The van der Waals surface area contributed by atoms with Gasteiger partial charge in [-0.25, -0.2) is 4.52 Å². The lowest BCUT2D eigenvalue weighted by Crippen LogP contribution is -2.22. The number of methoxy groups -OCH3 is 5. The molecular formula is C21H24BF4NO6. The largest absolute Gasteiger partial charge is 0.673 e. The van der Waals surface area contributed by atoms with Crippen molar-refractivity contribution in [3.05, 3.63) is 36.5 Å². The summed E-state index contributed by atoms with van der Waals surface area (Å²) in [4.78, 5) is 0. The van der Waals surface area contributed by atoms with Gasteiger partial charge in [0.2, 0.25) is 17.7 Å². The van der Waals surface area contributed by atoms with Crippen molar-refractivity contribution < 1.29 is 50.2 Å². The van der Waals surface area contributed by atoms with Gasteiger partial charge in [-0.05, 0) is 34.6 Å². The third-order valence-corrected chi connectivity index (χ3v) is 4.43. The van der Waals surface area contributed by atoms with E-state index in [4.69, 9.17) is 28.2 Å². The van der Waals surface area contributed by atoms with Gasteiger partial charge in [0.05, 0.1) is 41.1 Å². The van der Waals surface area contributed by atoms with Crippen LogP contribution in [0.5, 0.6) is 28.7 Å². The summed E-state index contributed by atoms with van der Waals surface area (Å²) < 4.78 is 73.9. The highest BCUT2D eigenvalue weighted by Crippen LogP contribution is 2.46. The normalized spacial score (nSPS) is 10.7. The Balaban J connectivity index is 0.000000696. The van der Waals surface area contributed by atoms with E-state index in [0.29, 0.717) is 34.5 Å². The van der Waals surface area contributed by atoms with Gasteiger partial charge in [-0.1, -0.05) is 6.07 Å². The lowest BCUT2D eigenvalue weighted by Gasteiger charge is -2.14. The van der Waals surface area contributed by atoms with Crippen molar-refractivity contribution in [3.63, 3.8) is 0 Å². The van der Waals surface area contributed by atoms with Gasteiger partial charge in [0.1, 0.15) is 5.56 Å². The number of benzene rings is 2. The third-order valence-electron chi connectivity index (χ3n) is 4.43. The molecule has 0 bridgehead atoms. The van der Waals surface area contributed by atoms with Crippen molar-refractivity contribution in [1.82, 2.24) is 0 Å². The Morgan fingerprint density at radius 2 is 1.24 bits per heavy atom. The summed E-state index contributed by atoms with van der Waals surface area (Å²) >= 11 is 0. The summed E-state index contributed by atoms with van der Waals surface area (Å²) in [6.07, 6.45) is 1.90. The average Bonchev–Trinajstić information content (AvgIpc) is 3.17. The van der Waals surface area contributed by atoms with E-state index < -0.39 is 7.25 Å². The van der Waals surface area contributed by atoms with Crippen LogP contribution in [0.25, 0.3) is 22.5 Å². The first-order valence-electron chi connectivity index (χ1n) is 9.46. The van der Waals surface area contributed by atoms with Crippen molar-refractivity contribution in [3.8, 4) is 51.2 Å². The molecule has 33 heavy (non-hydrogen) atoms. The quantitative estimate of drug-likeness (QED) is 0.280. The molecule has 1 aromatic heterocycles. The molecule has 7 nitrogen and oxygen atoms in total. The van der Waals surface area contributed by atoms with Gasteiger partial charge in [0.15, 0.2) is 30.0 Å². The molecule has 0 amide bonds. The van der Waals surface area contributed by atoms with E-state index in [1.807, 2.05) is 43.6 Å². The molecule has 12 heteroatoms. The number of hydrogen-bond donors (Lipinski definition) is 0. The monoisotopic (exact) mass is 473 g/mol. The minimum absolute atomic E-state index is 0.500. The van der Waals surface area contributed by atoms with E-state index >= 15 is 0 Å². The predicted molar refractivity (Wildman–Crippen MR) is 114 cm³/mol. The fourth-order valence-electron chi connectivity index (χ4n) is 3.14. The van der Waals surface area contributed by atoms with Gasteiger partial charge in [-0.2, -0.15) is 0 Å². The van der Waals surface area contributed by atoms with Gasteiger partial charge in [0.25, 0.3) is 0 Å². The molecule has 180 valence electrons. The van der Waals surface area contributed by atoms with Crippen LogP contribution in [0.4, 0.5) is 17.3 Å². The van der Waals surface area contributed by atoms with E-state index in [1.54, 1.807) is 40.3 Å². The first-order valence-corrected chi connectivity index (χ1v) is 9.46. The van der Waals surface area contributed by atoms with E-state index in [0.717, 1.165) is 16.7 Å². The molecule has 1 heterocycles. The topological polar surface area (TPSA) is 63.2 Å². The zero-order chi connectivity index (χ0) is 24.8. The number of nitrogens with zero attached hydrogens (tertiary/aromatic N) is 1. The molecular weight excluding hydrogens is 449 g/mol. The molecule has 3 rings (SSSR count). The van der Waals surface area contributed by atoms with Gasteiger partial charge >= 0.3 is 7.25 Å². The van der Waals surface area contributed by atoms with Gasteiger partial charge in [-0.15, -0.1) is 0 Å². The number of aromatic nitrogens is 1. The minimum atomic E-state index is -6.00. The third kappa shape index (κ3) is 6.24. The van der Waals surface area contributed by atoms with Gasteiger partial charge in [0, 0.05) is 0 Å². The van der Waals surface area contributed by atoms with Crippen LogP contribution in [0, 0.1) is 0 Å². The number of hydrogen-bond acceptors (Lipinski definition) is 6. The Hall–Kier alpha value is -3.57. The summed E-state index contributed by atoms with van der Waals surface area (Å²) in [6, 6.07) is 9.40. The Kier molecular flexibility index (Phi) is 8.44. The molecule has 0 N–H and O–H groups in total. The van der Waals surface area contributed by atoms with Crippen molar-refractivity contribution in [2.75, 3.05) is 35.5 Å². The van der Waals surface area contributed by atoms with Crippen LogP contribution in [-0.2, 0) is 7.05 Å². The first kappa shape index (κ1) is 25.7. The van der Waals surface area contributed by atoms with E-state index in [9.17, 15) is 17.3 Å². The lowest BCUT2D eigenvalue weighted by atomic mass is 10.0. The lowest BCUT2D eigenvalue weighted by molar-refractivity contribution is -0.843. The fourth-order valence-corrected chi connectivity index (χ4v) is 3.14. The van der Waals surface area contributed by atoms with Crippen LogP contribution in [-0.4, -0.2) is 42.8 Å². The molecule has 0 atom stereocenters.